The van der Waals surface area contributed by atoms with E-state index < -0.39 is 0 Å². The minimum Gasteiger partial charge on any atom is -0.355 e. The predicted octanol–water partition coefficient (Wildman–Crippen LogP) is 1.88. The lowest BCUT2D eigenvalue weighted by Crippen LogP contribution is -2.31. The summed E-state index contributed by atoms with van der Waals surface area (Å²) in [6.07, 6.45) is 1.66. The van der Waals surface area contributed by atoms with Crippen LogP contribution in [0.4, 0.5) is 0 Å². The van der Waals surface area contributed by atoms with Gasteiger partial charge in [-0.3, -0.25) is 4.79 Å². The van der Waals surface area contributed by atoms with Gasteiger partial charge in [-0.25, -0.2) is 0 Å². The molecule has 0 aliphatic carbocycles. The van der Waals surface area contributed by atoms with E-state index in [2.05, 4.69) is 43.5 Å². The molecule has 2 rings (SSSR count). The zero-order valence-corrected chi connectivity index (χ0v) is 12.2. The van der Waals surface area contributed by atoms with Crippen LogP contribution in [0.25, 0.3) is 0 Å². The van der Waals surface area contributed by atoms with Gasteiger partial charge in [0.25, 0.3) is 0 Å². The molecular weight excluding hydrogens is 236 g/mol. The molecule has 0 bridgehead atoms. The lowest BCUT2D eigenvalue weighted by atomic mass is 9.98. The quantitative estimate of drug-likeness (QED) is 0.868. The van der Waals surface area contributed by atoms with Gasteiger partial charge < -0.3 is 10.6 Å². The number of rotatable bonds is 4. The van der Waals surface area contributed by atoms with Crippen LogP contribution in [-0.4, -0.2) is 25.5 Å². The van der Waals surface area contributed by atoms with Crippen LogP contribution in [0.1, 0.15) is 28.7 Å². The van der Waals surface area contributed by atoms with Crippen LogP contribution in [0.5, 0.6) is 0 Å². The Bertz CT molecular complexity index is 462. The van der Waals surface area contributed by atoms with Crippen molar-refractivity contribution in [2.45, 2.75) is 33.6 Å². The number of benzene rings is 1. The van der Waals surface area contributed by atoms with Gasteiger partial charge >= 0.3 is 0 Å². The Morgan fingerprint density at radius 1 is 1.26 bits per heavy atom. The number of carbonyl (C=O) groups excluding carboxylic acids is 1. The van der Waals surface area contributed by atoms with Crippen LogP contribution in [0.3, 0.4) is 0 Å². The van der Waals surface area contributed by atoms with Crippen molar-refractivity contribution in [1.82, 2.24) is 10.6 Å². The van der Waals surface area contributed by atoms with E-state index >= 15 is 0 Å². The molecule has 3 heteroatoms. The molecule has 1 fully saturated rings. The lowest BCUT2D eigenvalue weighted by Gasteiger charge is -2.12. The SMILES string of the molecule is Cc1cc(C)c(CC(=O)NCC2CCNC2)cc1C. The molecule has 104 valence electrons. The van der Waals surface area contributed by atoms with Gasteiger partial charge in [0.05, 0.1) is 6.42 Å². The average Bonchev–Trinajstić information content (AvgIpc) is 2.86. The van der Waals surface area contributed by atoms with Gasteiger partial charge in [0.2, 0.25) is 5.91 Å². The molecule has 1 unspecified atom stereocenters. The first-order valence-corrected chi connectivity index (χ1v) is 7.10. The summed E-state index contributed by atoms with van der Waals surface area (Å²) in [4.78, 5) is 12.0. The standard InChI is InChI=1S/C16H24N2O/c1-11-6-13(3)15(7-12(11)2)8-16(19)18-10-14-4-5-17-9-14/h6-7,14,17H,4-5,8-10H2,1-3H3,(H,18,19). The van der Waals surface area contributed by atoms with Crippen molar-refractivity contribution in [2.24, 2.45) is 5.92 Å². The number of amides is 1. The Morgan fingerprint density at radius 3 is 2.68 bits per heavy atom. The molecule has 1 heterocycles. The fraction of sp³-hybridized carbons (Fsp3) is 0.562. The summed E-state index contributed by atoms with van der Waals surface area (Å²) in [6.45, 7) is 9.20. The maximum absolute atomic E-state index is 12.0. The van der Waals surface area contributed by atoms with Gasteiger partial charge in [-0.15, -0.1) is 0 Å². The third-order valence-electron chi connectivity index (χ3n) is 4.05. The fourth-order valence-corrected chi connectivity index (χ4v) is 2.59. The van der Waals surface area contributed by atoms with E-state index in [1.165, 1.54) is 23.1 Å². The Hall–Kier alpha value is -1.35. The van der Waals surface area contributed by atoms with E-state index in [1.54, 1.807) is 0 Å². The van der Waals surface area contributed by atoms with Crippen molar-refractivity contribution in [1.29, 1.82) is 0 Å². The highest BCUT2D eigenvalue weighted by Gasteiger charge is 2.15. The van der Waals surface area contributed by atoms with Crippen molar-refractivity contribution < 1.29 is 4.79 Å². The van der Waals surface area contributed by atoms with Gasteiger partial charge in [0.1, 0.15) is 0 Å². The molecule has 1 aliphatic rings. The molecule has 1 atom stereocenters. The van der Waals surface area contributed by atoms with Crippen molar-refractivity contribution in [3.05, 3.63) is 34.4 Å². The van der Waals surface area contributed by atoms with Gasteiger partial charge in [0, 0.05) is 6.54 Å². The van der Waals surface area contributed by atoms with Crippen LogP contribution < -0.4 is 10.6 Å². The molecule has 1 aromatic rings. The van der Waals surface area contributed by atoms with Crippen LogP contribution >= 0.6 is 0 Å². The van der Waals surface area contributed by atoms with Gasteiger partial charge in [-0.2, -0.15) is 0 Å². The topological polar surface area (TPSA) is 41.1 Å². The van der Waals surface area contributed by atoms with Crippen LogP contribution in [0, 0.1) is 26.7 Å². The van der Waals surface area contributed by atoms with Crippen molar-refractivity contribution >= 4 is 5.91 Å². The second-order valence-corrected chi connectivity index (χ2v) is 5.70. The van der Waals surface area contributed by atoms with Crippen LogP contribution in [-0.2, 0) is 11.2 Å². The Kier molecular flexibility index (Phi) is 4.59. The molecule has 2 N–H and O–H groups in total. The van der Waals surface area contributed by atoms with Crippen LogP contribution in [0.15, 0.2) is 12.1 Å². The third-order valence-corrected chi connectivity index (χ3v) is 4.05. The molecule has 0 aromatic heterocycles. The number of nitrogens with one attached hydrogen (secondary N) is 2. The molecule has 3 nitrogen and oxygen atoms in total. The Labute approximate surface area is 115 Å². The highest BCUT2D eigenvalue weighted by Crippen LogP contribution is 2.16. The molecule has 19 heavy (non-hydrogen) atoms. The summed E-state index contributed by atoms with van der Waals surface area (Å²) in [7, 11) is 0. The molecule has 1 aliphatic heterocycles. The van der Waals surface area contributed by atoms with E-state index in [4.69, 9.17) is 0 Å². The number of hydrogen-bond donors (Lipinski definition) is 2. The molecule has 0 radical (unpaired) electrons. The molecule has 0 spiro atoms. The summed E-state index contributed by atoms with van der Waals surface area (Å²) in [6, 6.07) is 4.31. The second kappa shape index (κ2) is 6.20. The molecule has 1 saturated heterocycles. The van der Waals surface area contributed by atoms with Crippen molar-refractivity contribution in [3.8, 4) is 0 Å². The maximum Gasteiger partial charge on any atom is 0.224 e. The minimum absolute atomic E-state index is 0.137. The third kappa shape index (κ3) is 3.80. The average molecular weight is 260 g/mol. The number of aryl methyl sites for hydroxylation is 3. The van der Waals surface area contributed by atoms with E-state index in [0.717, 1.165) is 25.2 Å². The smallest absolute Gasteiger partial charge is 0.224 e. The van der Waals surface area contributed by atoms with E-state index in [-0.39, 0.29) is 5.91 Å². The predicted molar refractivity (Wildman–Crippen MR) is 78.3 cm³/mol. The van der Waals surface area contributed by atoms with Crippen LogP contribution in [0.2, 0.25) is 0 Å². The summed E-state index contributed by atoms with van der Waals surface area (Å²) in [5.41, 5.74) is 4.90. The lowest BCUT2D eigenvalue weighted by molar-refractivity contribution is -0.120. The Morgan fingerprint density at radius 2 is 2.00 bits per heavy atom. The number of hydrogen-bond acceptors (Lipinski definition) is 2. The maximum atomic E-state index is 12.0. The summed E-state index contributed by atoms with van der Waals surface area (Å²) < 4.78 is 0. The highest BCUT2D eigenvalue weighted by atomic mass is 16.1. The second-order valence-electron chi connectivity index (χ2n) is 5.70. The summed E-state index contributed by atoms with van der Waals surface area (Å²) >= 11 is 0. The summed E-state index contributed by atoms with van der Waals surface area (Å²) in [5, 5.41) is 6.37. The monoisotopic (exact) mass is 260 g/mol. The zero-order valence-electron chi connectivity index (χ0n) is 12.2. The largest absolute Gasteiger partial charge is 0.355 e. The van der Waals surface area contributed by atoms with E-state index in [1.807, 2.05) is 0 Å². The fourth-order valence-electron chi connectivity index (χ4n) is 2.59. The van der Waals surface area contributed by atoms with Crippen molar-refractivity contribution in [3.63, 3.8) is 0 Å². The van der Waals surface area contributed by atoms with Gasteiger partial charge in [0.15, 0.2) is 0 Å². The van der Waals surface area contributed by atoms with Gasteiger partial charge in [-0.1, -0.05) is 12.1 Å². The first-order chi connectivity index (χ1) is 9.06. The van der Waals surface area contributed by atoms with E-state index in [0.29, 0.717) is 12.3 Å². The minimum atomic E-state index is 0.137. The normalized spacial score (nSPS) is 18.6. The molecule has 0 saturated carbocycles. The zero-order chi connectivity index (χ0) is 13.8. The number of carbonyl (C=O) groups is 1. The molecular formula is C16H24N2O. The first-order valence-electron chi connectivity index (χ1n) is 7.10. The summed E-state index contributed by atoms with van der Waals surface area (Å²) in [5.74, 6) is 0.739. The Balaban J connectivity index is 1.89. The molecule has 1 amide bonds. The van der Waals surface area contributed by atoms with Crippen molar-refractivity contribution in [2.75, 3.05) is 19.6 Å². The first kappa shape index (κ1) is 14.1. The molecule has 1 aromatic carbocycles. The van der Waals surface area contributed by atoms with Gasteiger partial charge in [-0.05, 0) is 68.5 Å². The highest BCUT2D eigenvalue weighted by molar-refractivity contribution is 5.79. The van der Waals surface area contributed by atoms with E-state index in [9.17, 15) is 4.79 Å².